The smallest absolute Gasteiger partial charge is 0.220 e. The van der Waals surface area contributed by atoms with E-state index < -0.39 is 0 Å². The molecule has 2 N–H and O–H groups in total. The van der Waals surface area contributed by atoms with Gasteiger partial charge in [0.15, 0.2) is 11.5 Å². The number of hydrogen-bond donors (Lipinski definition) is 2. The number of nitrogens with zero attached hydrogens (tertiary/aromatic N) is 2. The first-order valence-electron chi connectivity index (χ1n) is 11.0. The van der Waals surface area contributed by atoms with E-state index in [1.54, 1.807) is 14.2 Å². The lowest BCUT2D eigenvalue weighted by atomic mass is 10.0. The molecule has 3 heterocycles. The van der Waals surface area contributed by atoms with Crippen molar-refractivity contribution in [1.29, 1.82) is 0 Å². The molecule has 2 aliphatic heterocycles. The van der Waals surface area contributed by atoms with E-state index in [1.165, 1.54) is 0 Å². The molecule has 2 aromatic rings. The number of nitrogens with one attached hydrogen (secondary N) is 2. The maximum atomic E-state index is 11.7. The number of aromatic nitrogens is 2. The minimum absolute atomic E-state index is 0.0762. The molecular weight excluding hydrogens is 408 g/mol. The molecule has 1 amide bonds. The Morgan fingerprint density at radius 1 is 1.16 bits per heavy atom. The van der Waals surface area contributed by atoms with Crippen LogP contribution in [0.1, 0.15) is 50.7 Å². The van der Waals surface area contributed by atoms with Gasteiger partial charge in [-0.15, -0.1) is 0 Å². The second kappa shape index (κ2) is 8.76. The highest BCUT2D eigenvalue weighted by Gasteiger charge is 2.30. The summed E-state index contributed by atoms with van der Waals surface area (Å²) >= 11 is 0. The van der Waals surface area contributed by atoms with Gasteiger partial charge in [0.25, 0.3) is 0 Å². The highest BCUT2D eigenvalue weighted by molar-refractivity contribution is 5.78. The average Bonchev–Trinajstić information content (AvgIpc) is 3.35. The van der Waals surface area contributed by atoms with Crippen LogP contribution in [-0.2, 0) is 9.53 Å². The van der Waals surface area contributed by atoms with Crippen molar-refractivity contribution in [2.45, 2.75) is 52.3 Å². The number of carbonyl (C=O) groups excluding carboxylic acids is 1. The first-order valence-corrected chi connectivity index (χ1v) is 11.0. The van der Waals surface area contributed by atoms with Crippen molar-refractivity contribution >= 4 is 17.9 Å². The summed E-state index contributed by atoms with van der Waals surface area (Å²) in [6.45, 7) is 8.93. The zero-order valence-electron chi connectivity index (χ0n) is 19.6. The van der Waals surface area contributed by atoms with Gasteiger partial charge in [0.2, 0.25) is 11.8 Å². The van der Waals surface area contributed by atoms with E-state index in [0.717, 1.165) is 22.1 Å². The molecule has 0 radical (unpaired) electrons. The number of amides is 1. The van der Waals surface area contributed by atoms with Gasteiger partial charge in [0.1, 0.15) is 17.3 Å². The molecule has 1 unspecified atom stereocenters. The average molecular weight is 441 g/mol. The van der Waals surface area contributed by atoms with Crippen molar-refractivity contribution in [1.82, 2.24) is 20.2 Å². The quantitative estimate of drug-likeness (QED) is 0.679. The lowest BCUT2D eigenvalue weighted by molar-refractivity contribution is -0.119. The van der Waals surface area contributed by atoms with Crippen molar-refractivity contribution in [3.05, 3.63) is 40.3 Å². The minimum Gasteiger partial charge on any atom is -0.493 e. The first-order chi connectivity index (χ1) is 15.3. The van der Waals surface area contributed by atoms with Crippen molar-refractivity contribution in [3.63, 3.8) is 0 Å². The van der Waals surface area contributed by atoms with E-state index >= 15 is 0 Å². The fourth-order valence-corrected chi connectivity index (χ4v) is 4.51. The largest absolute Gasteiger partial charge is 0.493 e. The maximum absolute atomic E-state index is 11.7. The van der Waals surface area contributed by atoms with Crippen LogP contribution in [0.2, 0.25) is 0 Å². The lowest BCUT2D eigenvalue weighted by Crippen LogP contribution is -2.45. The summed E-state index contributed by atoms with van der Waals surface area (Å²) in [6, 6.07) is 5.94. The number of ether oxygens (including phenoxy) is 3. The summed E-state index contributed by atoms with van der Waals surface area (Å²) in [5.41, 5.74) is 1.01. The number of carbonyl (C=O) groups is 1. The predicted molar refractivity (Wildman–Crippen MR) is 122 cm³/mol. The van der Waals surface area contributed by atoms with Crippen LogP contribution in [0.5, 0.6) is 11.5 Å². The fraction of sp³-hybridized carbons (Fsp3) is 0.500. The molecule has 8 nitrogen and oxygen atoms in total. The first kappa shape index (κ1) is 22.0. The number of hydrogen-bond acceptors (Lipinski definition) is 6. The van der Waals surface area contributed by atoms with Gasteiger partial charge in [-0.3, -0.25) is 4.79 Å². The summed E-state index contributed by atoms with van der Waals surface area (Å²) in [4.78, 5) is 16.6. The molecule has 1 fully saturated rings. The number of benzene rings is 1. The summed E-state index contributed by atoms with van der Waals surface area (Å²) in [6.07, 6.45) is 2.46. The van der Waals surface area contributed by atoms with Crippen LogP contribution in [-0.4, -0.2) is 42.3 Å². The van der Waals surface area contributed by atoms with Gasteiger partial charge in [-0.05, 0) is 51.5 Å². The Kier molecular flexibility index (Phi) is 6.04. The highest BCUT2D eigenvalue weighted by atomic mass is 16.5. The van der Waals surface area contributed by atoms with E-state index in [4.69, 9.17) is 19.2 Å². The monoisotopic (exact) mass is 440 g/mol. The molecule has 0 saturated carbocycles. The lowest BCUT2D eigenvalue weighted by Gasteiger charge is -2.27. The third-order valence-corrected chi connectivity index (χ3v) is 6.20. The Morgan fingerprint density at radius 3 is 2.53 bits per heavy atom. The topological polar surface area (TPSA) is 86.6 Å². The standard InChI is InChI=1S/C24H32N4O4/c1-13(2)28-15(4)26-19-11-18(16-7-8-20(30-5)21(9-16)31-6)27-24(23(19)28)32-14(3)17-10-22(29)25-12-17/h7-9,11,13-14,17-18,27H,10,12H2,1-6H3,(H,25,29)/t14-,17-,18?/m1/s1. The number of rotatable bonds is 7. The van der Waals surface area contributed by atoms with Crippen LogP contribution >= 0.6 is 0 Å². The minimum atomic E-state index is -0.150. The van der Waals surface area contributed by atoms with E-state index in [9.17, 15) is 4.79 Å². The molecule has 0 spiro atoms. The molecule has 8 heteroatoms. The molecule has 172 valence electrons. The molecule has 1 saturated heterocycles. The summed E-state index contributed by atoms with van der Waals surface area (Å²) in [5.74, 6) is 3.17. The Labute approximate surface area is 188 Å². The fourth-order valence-electron chi connectivity index (χ4n) is 4.51. The predicted octanol–water partition coefficient (Wildman–Crippen LogP) is 1.52. The molecule has 32 heavy (non-hydrogen) atoms. The number of fused-ring (bicyclic) bond motifs is 1. The molecule has 3 atom stereocenters. The number of imidazole rings is 1. The van der Waals surface area contributed by atoms with E-state index in [0.29, 0.717) is 30.3 Å². The molecule has 0 aliphatic carbocycles. The van der Waals surface area contributed by atoms with Gasteiger partial charge < -0.3 is 29.4 Å². The second-order valence-corrected chi connectivity index (χ2v) is 8.68. The summed E-state index contributed by atoms with van der Waals surface area (Å²) < 4.78 is 19.6. The van der Waals surface area contributed by atoms with Crippen LogP contribution < -0.4 is 30.8 Å². The van der Waals surface area contributed by atoms with Crippen LogP contribution in [0.3, 0.4) is 0 Å². The third kappa shape index (κ3) is 4.01. The third-order valence-electron chi connectivity index (χ3n) is 6.20. The van der Waals surface area contributed by atoms with Crippen molar-refractivity contribution in [3.8, 4) is 11.5 Å². The van der Waals surface area contributed by atoms with Gasteiger partial charge >= 0.3 is 0 Å². The van der Waals surface area contributed by atoms with E-state index in [2.05, 4.69) is 35.1 Å². The highest BCUT2D eigenvalue weighted by Crippen LogP contribution is 2.31. The van der Waals surface area contributed by atoms with Crippen molar-refractivity contribution < 1.29 is 19.0 Å². The second-order valence-electron chi connectivity index (χ2n) is 8.68. The van der Waals surface area contributed by atoms with Crippen LogP contribution in [0.25, 0.3) is 12.0 Å². The molecule has 1 aromatic heterocycles. The zero-order valence-corrected chi connectivity index (χ0v) is 19.6. The summed E-state index contributed by atoms with van der Waals surface area (Å²) in [7, 11) is 3.25. The van der Waals surface area contributed by atoms with Crippen LogP contribution in [0, 0.1) is 12.8 Å². The van der Waals surface area contributed by atoms with Gasteiger partial charge in [0.05, 0.1) is 25.6 Å². The van der Waals surface area contributed by atoms with Gasteiger partial charge in [-0.2, -0.15) is 0 Å². The van der Waals surface area contributed by atoms with Crippen molar-refractivity contribution in [2.75, 3.05) is 20.8 Å². The van der Waals surface area contributed by atoms with Gasteiger partial charge in [0, 0.05) is 24.9 Å². The summed E-state index contributed by atoms with van der Waals surface area (Å²) in [5, 5.41) is 8.30. The Balaban J connectivity index is 1.76. The molecule has 0 bridgehead atoms. The number of methoxy groups -OCH3 is 2. The Bertz CT molecular complexity index is 1140. The normalized spacial score (nSPS) is 20.8. The van der Waals surface area contributed by atoms with E-state index in [-0.39, 0.29) is 30.0 Å². The van der Waals surface area contributed by atoms with E-state index in [1.807, 2.05) is 32.0 Å². The molecular formula is C24H32N4O4. The zero-order chi connectivity index (χ0) is 23.0. The SMILES string of the molecule is COc1ccc(C2C=c3nc(C)n(C(C)C)c3=C(O[C@H](C)[C@H]3CNC(=O)C3)N2)cc1OC. The number of aryl methyl sites for hydroxylation is 1. The van der Waals surface area contributed by atoms with Crippen LogP contribution in [0.15, 0.2) is 18.2 Å². The van der Waals surface area contributed by atoms with Crippen LogP contribution in [0.4, 0.5) is 0 Å². The maximum Gasteiger partial charge on any atom is 0.220 e. The molecule has 2 aliphatic rings. The molecule has 1 aromatic carbocycles. The van der Waals surface area contributed by atoms with Gasteiger partial charge in [-0.1, -0.05) is 6.07 Å². The van der Waals surface area contributed by atoms with Crippen molar-refractivity contribution in [2.24, 2.45) is 5.92 Å². The molecule has 4 rings (SSSR count). The van der Waals surface area contributed by atoms with Gasteiger partial charge in [-0.25, -0.2) is 4.98 Å². The Hall–Kier alpha value is -3.16. The Morgan fingerprint density at radius 2 is 1.91 bits per heavy atom.